The fourth-order valence-corrected chi connectivity index (χ4v) is 2.49. The van der Waals surface area contributed by atoms with Gasteiger partial charge in [-0.15, -0.1) is 0 Å². The molecule has 0 aliphatic carbocycles. The molecule has 2 aliphatic rings. The van der Waals surface area contributed by atoms with Gasteiger partial charge in [-0.1, -0.05) is 0 Å². The molecule has 0 aromatic heterocycles. The van der Waals surface area contributed by atoms with E-state index in [1.165, 1.54) is 25.8 Å². The SMILES string of the molecule is C[N@+]12CCCC[C@H]1CNC(=O)C2. The lowest BCUT2D eigenvalue weighted by molar-refractivity contribution is -0.932. The molecule has 2 heterocycles. The number of hydrogen-bond acceptors (Lipinski definition) is 1. The van der Waals surface area contributed by atoms with E-state index in [0.29, 0.717) is 12.6 Å². The van der Waals surface area contributed by atoms with Gasteiger partial charge >= 0.3 is 0 Å². The van der Waals surface area contributed by atoms with E-state index in [9.17, 15) is 4.79 Å². The van der Waals surface area contributed by atoms with Crippen LogP contribution in [-0.4, -0.2) is 43.1 Å². The molecule has 0 bridgehead atoms. The molecule has 68 valence electrons. The Morgan fingerprint density at radius 1 is 1.50 bits per heavy atom. The van der Waals surface area contributed by atoms with Crippen molar-refractivity contribution in [2.75, 3.05) is 26.7 Å². The Hall–Kier alpha value is -0.570. The van der Waals surface area contributed by atoms with Crippen molar-refractivity contribution in [1.82, 2.24) is 5.32 Å². The van der Waals surface area contributed by atoms with Gasteiger partial charge in [-0.2, -0.15) is 0 Å². The van der Waals surface area contributed by atoms with Crippen LogP contribution in [0.5, 0.6) is 0 Å². The molecule has 3 nitrogen and oxygen atoms in total. The van der Waals surface area contributed by atoms with E-state index in [1.54, 1.807) is 0 Å². The predicted molar refractivity (Wildman–Crippen MR) is 46.6 cm³/mol. The van der Waals surface area contributed by atoms with Gasteiger partial charge < -0.3 is 9.80 Å². The van der Waals surface area contributed by atoms with Crippen LogP contribution in [0.2, 0.25) is 0 Å². The maximum atomic E-state index is 11.2. The maximum Gasteiger partial charge on any atom is 0.275 e. The van der Waals surface area contributed by atoms with E-state index in [0.717, 1.165) is 11.0 Å². The number of piperidine rings is 1. The van der Waals surface area contributed by atoms with Crippen molar-refractivity contribution < 1.29 is 9.28 Å². The molecule has 2 rings (SSSR count). The van der Waals surface area contributed by atoms with Crippen molar-refractivity contribution in [3.8, 4) is 0 Å². The fraction of sp³-hybridized carbons (Fsp3) is 0.889. The van der Waals surface area contributed by atoms with E-state index in [-0.39, 0.29) is 5.91 Å². The number of nitrogens with zero attached hydrogens (tertiary/aromatic N) is 1. The summed E-state index contributed by atoms with van der Waals surface area (Å²) >= 11 is 0. The standard InChI is InChI=1S/C9H16N2O/c1-11-5-3-2-4-8(11)6-10-9(12)7-11/h8H,2-7H2,1H3/p+1/t8-,11+/m0/s1. The van der Waals surface area contributed by atoms with Gasteiger partial charge in [0.2, 0.25) is 0 Å². The summed E-state index contributed by atoms with van der Waals surface area (Å²) in [5, 5.41) is 2.95. The van der Waals surface area contributed by atoms with Crippen LogP contribution in [0, 0.1) is 0 Å². The average molecular weight is 169 g/mol. The predicted octanol–water partition coefficient (Wildman–Crippen LogP) is 0.115. The smallest absolute Gasteiger partial charge is 0.275 e. The number of amides is 1. The molecule has 2 saturated heterocycles. The van der Waals surface area contributed by atoms with Crippen molar-refractivity contribution in [2.45, 2.75) is 25.3 Å². The van der Waals surface area contributed by atoms with Crippen LogP contribution in [0.4, 0.5) is 0 Å². The molecule has 2 aliphatic heterocycles. The fourth-order valence-electron chi connectivity index (χ4n) is 2.49. The summed E-state index contributed by atoms with van der Waals surface area (Å²) in [7, 11) is 2.22. The van der Waals surface area contributed by atoms with Crippen molar-refractivity contribution in [3.63, 3.8) is 0 Å². The van der Waals surface area contributed by atoms with E-state index < -0.39 is 0 Å². The molecule has 2 atom stereocenters. The zero-order valence-corrected chi connectivity index (χ0v) is 7.68. The summed E-state index contributed by atoms with van der Waals surface area (Å²) in [5.74, 6) is 0.232. The van der Waals surface area contributed by atoms with Crippen molar-refractivity contribution >= 4 is 5.91 Å². The zero-order chi connectivity index (χ0) is 8.60. The number of fused-ring (bicyclic) bond motifs is 1. The van der Waals surface area contributed by atoms with Crippen molar-refractivity contribution in [2.24, 2.45) is 0 Å². The van der Waals surface area contributed by atoms with Gasteiger partial charge in [0, 0.05) is 6.42 Å². The highest BCUT2D eigenvalue weighted by atomic mass is 16.2. The topological polar surface area (TPSA) is 29.1 Å². The highest BCUT2D eigenvalue weighted by Gasteiger charge is 2.40. The van der Waals surface area contributed by atoms with Crippen LogP contribution < -0.4 is 5.32 Å². The summed E-state index contributed by atoms with van der Waals surface area (Å²) < 4.78 is 0.992. The Morgan fingerprint density at radius 3 is 3.17 bits per heavy atom. The van der Waals surface area contributed by atoms with Gasteiger partial charge in [0.1, 0.15) is 6.04 Å². The number of nitrogens with one attached hydrogen (secondary N) is 1. The van der Waals surface area contributed by atoms with Crippen LogP contribution in [0.1, 0.15) is 19.3 Å². The number of carbonyl (C=O) groups is 1. The molecule has 12 heavy (non-hydrogen) atoms. The molecule has 3 heteroatoms. The lowest BCUT2D eigenvalue weighted by Crippen LogP contribution is -2.66. The molecule has 0 unspecified atom stereocenters. The molecule has 2 fully saturated rings. The molecule has 1 amide bonds. The van der Waals surface area contributed by atoms with E-state index >= 15 is 0 Å². The minimum Gasteiger partial charge on any atom is -0.345 e. The second-order valence-electron chi connectivity index (χ2n) is 4.31. The molecule has 0 aromatic rings. The lowest BCUT2D eigenvalue weighted by atomic mass is 9.97. The number of carbonyl (C=O) groups excluding carboxylic acids is 1. The molecular formula is C9H17N2O+. The monoisotopic (exact) mass is 169 g/mol. The summed E-state index contributed by atoms with van der Waals surface area (Å²) in [6.45, 7) is 2.79. The van der Waals surface area contributed by atoms with Crippen LogP contribution in [0.15, 0.2) is 0 Å². The van der Waals surface area contributed by atoms with Gasteiger partial charge in [-0.05, 0) is 12.8 Å². The molecule has 0 spiro atoms. The summed E-state index contributed by atoms with van der Waals surface area (Å²) in [5.41, 5.74) is 0. The third-order valence-electron chi connectivity index (χ3n) is 3.38. The molecule has 1 N–H and O–H groups in total. The van der Waals surface area contributed by atoms with Crippen molar-refractivity contribution in [1.29, 1.82) is 0 Å². The first-order valence-corrected chi connectivity index (χ1v) is 4.82. The Kier molecular flexibility index (Phi) is 1.83. The minimum atomic E-state index is 0.232. The van der Waals surface area contributed by atoms with Crippen molar-refractivity contribution in [3.05, 3.63) is 0 Å². The first kappa shape index (κ1) is 8.05. The Bertz CT molecular complexity index is 205. The number of hydrogen-bond donors (Lipinski definition) is 1. The third kappa shape index (κ3) is 1.22. The first-order chi connectivity index (χ1) is 5.71. The van der Waals surface area contributed by atoms with Crippen LogP contribution in [0.3, 0.4) is 0 Å². The highest BCUT2D eigenvalue weighted by Crippen LogP contribution is 2.24. The summed E-state index contributed by atoms with van der Waals surface area (Å²) in [6, 6.07) is 0.691. The van der Waals surface area contributed by atoms with Gasteiger partial charge in [-0.3, -0.25) is 4.79 Å². The second-order valence-corrected chi connectivity index (χ2v) is 4.31. The number of quaternary nitrogens is 1. The molecule has 0 saturated carbocycles. The molecule has 0 radical (unpaired) electrons. The Labute approximate surface area is 73.3 Å². The second kappa shape index (κ2) is 2.73. The molecular weight excluding hydrogens is 152 g/mol. The van der Waals surface area contributed by atoms with Gasteiger partial charge in [-0.25, -0.2) is 0 Å². The lowest BCUT2D eigenvalue weighted by Gasteiger charge is -2.47. The number of rotatable bonds is 0. The molecule has 0 aromatic carbocycles. The first-order valence-electron chi connectivity index (χ1n) is 4.82. The quantitative estimate of drug-likeness (QED) is 0.513. The average Bonchev–Trinajstić information content (AvgIpc) is 2.02. The van der Waals surface area contributed by atoms with E-state index in [4.69, 9.17) is 0 Å². The van der Waals surface area contributed by atoms with Crippen LogP contribution in [0.25, 0.3) is 0 Å². The van der Waals surface area contributed by atoms with E-state index in [1.807, 2.05) is 0 Å². The van der Waals surface area contributed by atoms with Gasteiger partial charge in [0.25, 0.3) is 5.91 Å². The van der Waals surface area contributed by atoms with E-state index in [2.05, 4.69) is 12.4 Å². The van der Waals surface area contributed by atoms with Crippen LogP contribution >= 0.6 is 0 Å². The third-order valence-corrected chi connectivity index (χ3v) is 3.38. The van der Waals surface area contributed by atoms with Crippen LogP contribution in [-0.2, 0) is 4.79 Å². The highest BCUT2D eigenvalue weighted by molar-refractivity contribution is 5.77. The number of piperazine rings is 1. The van der Waals surface area contributed by atoms with Gasteiger partial charge in [0.05, 0.1) is 20.1 Å². The van der Waals surface area contributed by atoms with Gasteiger partial charge in [0.15, 0.2) is 6.54 Å². The summed E-state index contributed by atoms with van der Waals surface area (Å²) in [4.78, 5) is 11.2. The zero-order valence-electron chi connectivity index (χ0n) is 7.68. The Morgan fingerprint density at radius 2 is 2.33 bits per heavy atom. The summed E-state index contributed by atoms with van der Waals surface area (Å²) in [6.07, 6.45) is 3.92. The normalized spacial score (nSPS) is 41.8. The Balaban J connectivity index is 2.12. The minimum absolute atomic E-state index is 0.232. The largest absolute Gasteiger partial charge is 0.345 e. The number of likely N-dealkylation sites (N-methyl/N-ethyl adjacent to an activating group) is 1. The maximum absolute atomic E-state index is 11.2.